The molecule has 0 spiro atoms. The molecule has 0 aromatic rings. The third kappa shape index (κ3) is 5.83. The van der Waals surface area contributed by atoms with Crippen LogP contribution in [0, 0.1) is 5.92 Å². The fourth-order valence-electron chi connectivity index (χ4n) is 1.59. The van der Waals surface area contributed by atoms with E-state index in [1.807, 2.05) is 0 Å². The van der Waals surface area contributed by atoms with Crippen LogP contribution in [0.5, 0.6) is 0 Å². The van der Waals surface area contributed by atoms with Gasteiger partial charge < -0.3 is 0 Å². The highest BCUT2D eigenvalue weighted by Gasteiger charge is 2.14. The van der Waals surface area contributed by atoms with Gasteiger partial charge in [-0.2, -0.15) is 0 Å². The van der Waals surface area contributed by atoms with Crippen molar-refractivity contribution in [3.8, 4) is 0 Å². The van der Waals surface area contributed by atoms with Crippen LogP contribution in [-0.2, 0) is 0 Å². The highest BCUT2D eigenvalue weighted by Crippen LogP contribution is 2.16. The molecule has 0 saturated carbocycles. The Balaban J connectivity index is 3.79. The lowest BCUT2D eigenvalue weighted by molar-refractivity contribution is 0.341. The third-order valence-corrected chi connectivity index (χ3v) is 2.53. The Hall–Kier alpha value is -0.340. The van der Waals surface area contributed by atoms with Crippen molar-refractivity contribution in [3.63, 3.8) is 0 Å². The van der Waals surface area contributed by atoms with Gasteiger partial charge in [-0.25, -0.2) is 0 Å². The van der Waals surface area contributed by atoms with Crippen LogP contribution < -0.4 is 11.3 Å². The van der Waals surface area contributed by atoms with Gasteiger partial charge in [-0.1, -0.05) is 25.8 Å². The molecule has 3 N–H and O–H groups in total. The Bertz CT molecular complexity index is 143. The van der Waals surface area contributed by atoms with E-state index in [4.69, 9.17) is 5.84 Å². The molecule has 0 aliphatic rings. The molecule has 0 radical (unpaired) electrons. The van der Waals surface area contributed by atoms with Crippen LogP contribution >= 0.6 is 0 Å². The van der Waals surface area contributed by atoms with Crippen LogP contribution in [0.2, 0.25) is 0 Å². The van der Waals surface area contributed by atoms with Crippen LogP contribution in [0.15, 0.2) is 12.2 Å². The standard InChI is InChI=1S/C11H24N2/c1-5-6-10(4)11(13-12)8-7-9(2)3/h10-11,13H,2,5-8,12H2,1,3-4H3. The highest BCUT2D eigenvalue weighted by molar-refractivity contribution is 4.89. The Morgan fingerprint density at radius 3 is 2.46 bits per heavy atom. The Kier molecular flexibility index (Phi) is 6.92. The quantitative estimate of drug-likeness (QED) is 0.362. The van der Waals surface area contributed by atoms with E-state index in [0.29, 0.717) is 12.0 Å². The number of allylic oxidation sites excluding steroid dienone is 1. The summed E-state index contributed by atoms with van der Waals surface area (Å²) in [5.74, 6) is 6.17. The smallest absolute Gasteiger partial charge is 0.0239 e. The molecule has 2 atom stereocenters. The molecule has 78 valence electrons. The molecule has 0 aliphatic carbocycles. The van der Waals surface area contributed by atoms with Gasteiger partial charge in [0.25, 0.3) is 0 Å². The minimum absolute atomic E-state index is 0.441. The van der Waals surface area contributed by atoms with Gasteiger partial charge in [0.05, 0.1) is 0 Å². The summed E-state index contributed by atoms with van der Waals surface area (Å²) < 4.78 is 0. The van der Waals surface area contributed by atoms with E-state index in [0.717, 1.165) is 12.8 Å². The predicted octanol–water partition coefficient (Wildman–Crippen LogP) is 2.61. The first-order valence-corrected chi connectivity index (χ1v) is 5.22. The van der Waals surface area contributed by atoms with Crippen LogP contribution in [-0.4, -0.2) is 6.04 Å². The lowest BCUT2D eigenvalue weighted by atomic mass is 9.93. The van der Waals surface area contributed by atoms with E-state index in [9.17, 15) is 0 Å². The predicted molar refractivity (Wildman–Crippen MR) is 59.2 cm³/mol. The van der Waals surface area contributed by atoms with Gasteiger partial charge in [-0.05, 0) is 32.1 Å². The van der Waals surface area contributed by atoms with E-state index in [2.05, 4.69) is 32.8 Å². The Morgan fingerprint density at radius 2 is 2.08 bits per heavy atom. The van der Waals surface area contributed by atoms with Crippen LogP contribution in [0.25, 0.3) is 0 Å². The third-order valence-electron chi connectivity index (χ3n) is 2.53. The maximum absolute atomic E-state index is 5.51. The number of nitrogens with two attached hydrogens (primary N) is 1. The molecule has 2 unspecified atom stereocenters. The second-order valence-electron chi connectivity index (χ2n) is 4.03. The number of hydrazine groups is 1. The molecule has 13 heavy (non-hydrogen) atoms. The van der Waals surface area contributed by atoms with Crippen molar-refractivity contribution in [2.24, 2.45) is 11.8 Å². The molecule has 0 aliphatic heterocycles. The van der Waals surface area contributed by atoms with Gasteiger partial charge in [0.1, 0.15) is 0 Å². The van der Waals surface area contributed by atoms with E-state index >= 15 is 0 Å². The number of nitrogens with one attached hydrogen (secondary N) is 1. The normalized spacial score (nSPS) is 15.4. The average Bonchev–Trinajstić information content (AvgIpc) is 2.05. The number of rotatable bonds is 7. The lowest BCUT2D eigenvalue weighted by Gasteiger charge is -2.22. The summed E-state index contributed by atoms with van der Waals surface area (Å²) in [5.41, 5.74) is 4.14. The molecule has 0 heterocycles. The second kappa shape index (κ2) is 7.10. The maximum Gasteiger partial charge on any atom is 0.0239 e. The van der Waals surface area contributed by atoms with Crippen molar-refractivity contribution in [2.75, 3.05) is 0 Å². The Labute approximate surface area is 82.6 Å². The first kappa shape index (κ1) is 12.7. The molecular formula is C11H24N2. The summed E-state index contributed by atoms with van der Waals surface area (Å²) in [7, 11) is 0. The highest BCUT2D eigenvalue weighted by atomic mass is 15.2. The van der Waals surface area contributed by atoms with E-state index in [1.165, 1.54) is 18.4 Å². The molecule has 0 amide bonds. The van der Waals surface area contributed by atoms with Crippen molar-refractivity contribution in [3.05, 3.63) is 12.2 Å². The maximum atomic E-state index is 5.51. The van der Waals surface area contributed by atoms with Crippen LogP contribution in [0.1, 0.15) is 46.5 Å². The summed E-state index contributed by atoms with van der Waals surface area (Å²) in [6, 6.07) is 0.441. The largest absolute Gasteiger partial charge is 0.271 e. The van der Waals surface area contributed by atoms with Crippen molar-refractivity contribution in [1.29, 1.82) is 0 Å². The van der Waals surface area contributed by atoms with Crippen molar-refractivity contribution < 1.29 is 0 Å². The average molecular weight is 184 g/mol. The number of hydrogen-bond acceptors (Lipinski definition) is 2. The van der Waals surface area contributed by atoms with Crippen LogP contribution in [0.4, 0.5) is 0 Å². The van der Waals surface area contributed by atoms with Crippen molar-refractivity contribution in [1.82, 2.24) is 5.43 Å². The minimum atomic E-state index is 0.441. The molecule has 0 aromatic carbocycles. The fourth-order valence-corrected chi connectivity index (χ4v) is 1.59. The van der Waals surface area contributed by atoms with Gasteiger partial charge in [0.2, 0.25) is 0 Å². The molecule has 2 nitrogen and oxygen atoms in total. The van der Waals surface area contributed by atoms with Gasteiger partial charge in [0, 0.05) is 6.04 Å². The molecule has 2 heteroatoms. The minimum Gasteiger partial charge on any atom is -0.271 e. The van der Waals surface area contributed by atoms with E-state index < -0.39 is 0 Å². The molecule has 0 aromatic heterocycles. The first-order valence-electron chi connectivity index (χ1n) is 5.22. The fraction of sp³-hybridized carbons (Fsp3) is 0.818. The SMILES string of the molecule is C=C(C)CCC(NN)C(C)CCC. The number of hydrogen-bond donors (Lipinski definition) is 2. The summed E-state index contributed by atoms with van der Waals surface area (Å²) in [4.78, 5) is 0. The zero-order chi connectivity index (χ0) is 10.3. The molecule has 0 bridgehead atoms. The van der Waals surface area contributed by atoms with Gasteiger partial charge >= 0.3 is 0 Å². The van der Waals surface area contributed by atoms with Gasteiger partial charge in [-0.3, -0.25) is 11.3 Å². The molecule has 0 fully saturated rings. The topological polar surface area (TPSA) is 38.0 Å². The van der Waals surface area contributed by atoms with E-state index in [1.54, 1.807) is 0 Å². The summed E-state index contributed by atoms with van der Waals surface area (Å²) in [6.45, 7) is 10.4. The molecule has 0 saturated heterocycles. The lowest BCUT2D eigenvalue weighted by Crippen LogP contribution is -2.39. The Morgan fingerprint density at radius 1 is 1.46 bits per heavy atom. The van der Waals surface area contributed by atoms with Gasteiger partial charge in [0.15, 0.2) is 0 Å². The first-order chi connectivity index (χ1) is 6.11. The summed E-state index contributed by atoms with van der Waals surface area (Å²) in [5, 5.41) is 0. The summed E-state index contributed by atoms with van der Waals surface area (Å²) >= 11 is 0. The molecule has 0 rings (SSSR count). The van der Waals surface area contributed by atoms with Crippen molar-refractivity contribution in [2.45, 2.75) is 52.5 Å². The van der Waals surface area contributed by atoms with E-state index in [-0.39, 0.29) is 0 Å². The van der Waals surface area contributed by atoms with Crippen LogP contribution in [0.3, 0.4) is 0 Å². The monoisotopic (exact) mass is 184 g/mol. The second-order valence-corrected chi connectivity index (χ2v) is 4.03. The van der Waals surface area contributed by atoms with Gasteiger partial charge in [-0.15, -0.1) is 6.58 Å². The zero-order valence-electron chi connectivity index (χ0n) is 9.27. The molecular weight excluding hydrogens is 160 g/mol. The zero-order valence-corrected chi connectivity index (χ0v) is 9.27. The summed E-state index contributed by atoms with van der Waals surface area (Å²) in [6.07, 6.45) is 4.65. The van der Waals surface area contributed by atoms with Crippen molar-refractivity contribution >= 4 is 0 Å².